The Morgan fingerprint density at radius 3 is 2.42 bits per heavy atom. The molecule has 2 nitrogen and oxygen atoms in total. The Morgan fingerprint density at radius 2 is 1.92 bits per heavy atom. The van der Waals surface area contributed by atoms with E-state index in [1.807, 2.05) is 0 Å². The molecule has 0 aromatic carbocycles. The van der Waals surface area contributed by atoms with E-state index in [1.54, 1.807) is 0 Å². The van der Waals surface area contributed by atoms with Crippen molar-refractivity contribution in [1.82, 2.24) is 10.2 Å². The van der Waals surface area contributed by atoms with Crippen LogP contribution in [0.5, 0.6) is 0 Å². The lowest BCUT2D eigenvalue weighted by Crippen LogP contribution is -2.44. The summed E-state index contributed by atoms with van der Waals surface area (Å²) in [5, 5.41) is 3.41. The van der Waals surface area contributed by atoms with Gasteiger partial charge in [0.05, 0.1) is 0 Å². The maximum Gasteiger partial charge on any atom is 0.0105 e. The maximum atomic E-state index is 3.41. The van der Waals surface area contributed by atoms with Crippen LogP contribution < -0.4 is 5.32 Å². The van der Waals surface area contributed by atoms with E-state index in [-0.39, 0.29) is 0 Å². The first-order valence-electron chi connectivity index (χ1n) is 4.98. The molecule has 1 rings (SSSR count). The summed E-state index contributed by atoms with van der Waals surface area (Å²) in [4.78, 5) is 2.36. The first-order valence-corrected chi connectivity index (χ1v) is 4.98. The number of hydrogen-bond acceptors (Lipinski definition) is 2. The van der Waals surface area contributed by atoms with Gasteiger partial charge in [0.25, 0.3) is 0 Å². The molecule has 2 heteroatoms. The van der Waals surface area contributed by atoms with Gasteiger partial charge in [-0.15, -0.1) is 0 Å². The molecule has 0 amide bonds. The Labute approximate surface area is 76.3 Å². The fraction of sp³-hybridized carbons (Fsp3) is 1.00. The van der Waals surface area contributed by atoms with Crippen molar-refractivity contribution < 1.29 is 0 Å². The highest BCUT2D eigenvalue weighted by Gasteiger charge is 2.27. The summed E-state index contributed by atoms with van der Waals surface area (Å²) in [5.41, 5.74) is 0. The molecular formula is C10H22N2. The molecule has 1 aliphatic rings. The Hall–Kier alpha value is -0.0800. The van der Waals surface area contributed by atoms with Gasteiger partial charge in [-0.2, -0.15) is 0 Å². The van der Waals surface area contributed by atoms with Crippen LogP contribution in [-0.2, 0) is 0 Å². The highest BCUT2D eigenvalue weighted by atomic mass is 15.1. The van der Waals surface area contributed by atoms with Crippen molar-refractivity contribution in [3.05, 3.63) is 0 Å². The monoisotopic (exact) mass is 170 g/mol. The Morgan fingerprint density at radius 1 is 1.25 bits per heavy atom. The zero-order chi connectivity index (χ0) is 9.14. The molecule has 0 saturated heterocycles. The van der Waals surface area contributed by atoms with Crippen LogP contribution in [0, 0.1) is 5.92 Å². The molecule has 1 saturated carbocycles. The van der Waals surface area contributed by atoms with Gasteiger partial charge in [-0.05, 0) is 46.3 Å². The predicted octanol–water partition coefficient (Wildman–Crippen LogP) is 1.32. The molecule has 0 aromatic heterocycles. The van der Waals surface area contributed by atoms with Gasteiger partial charge < -0.3 is 10.2 Å². The van der Waals surface area contributed by atoms with Gasteiger partial charge in [-0.25, -0.2) is 0 Å². The fourth-order valence-electron chi connectivity index (χ4n) is 2.17. The SMILES string of the molecule is CNC1CC(N(C)C)CCC1C. The average molecular weight is 170 g/mol. The molecule has 1 N–H and O–H groups in total. The van der Waals surface area contributed by atoms with Gasteiger partial charge in [0.2, 0.25) is 0 Å². The van der Waals surface area contributed by atoms with Crippen molar-refractivity contribution in [1.29, 1.82) is 0 Å². The molecule has 0 bridgehead atoms. The van der Waals surface area contributed by atoms with Gasteiger partial charge in [-0.3, -0.25) is 0 Å². The first kappa shape index (κ1) is 10.0. The molecule has 0 aromatic rings. The number of nitrogens with one attached hydrogen (secondary N) is 1. The van der Waals surface area contributed by atoms with E-state index >= 15 is 0 Å². The van der Waals surface area contributed by atoms with Crippen LogP contribution in [0.3, 0.4) is 0 Å². The smallest absolute Gasteiger partial charge is 0.0105 e. The van der Waals surface area contributed by atoms with Crippen molar-refractivity contribution in [3.8, 4) is 0 Å². The average Bonchev–Trinajstić information content (AvgIpc) is 2.05. The molecule has 72 valence electrons. The number of hydrogen-bond donors (Lipinski definition) is 1. The fourth-order valence-corrected chi connectivity index (χ4v) is 2.17. The zero-order valence-corrected chi connectivity index (χ0v) is 8.80. The van der Waals surface area contributed by atoms with Gasteiger partial charge in [-0.1, -0.05) is 6.92 Å². The van der Waals surface area contributed by atoms with E-state index in [1.165, 1.54) is 19.3 Å². The number of rotatable bonds is 2. The van der Waals surface area contributed by atoms with E-state index in [0.29, 0.717) is 0 Å². The molecule has 0 aliphatic heterocycles. The molecule has 1 aliphatic carbocycles. The summed E-state index contributed by atoms with van der Waals surface area (Å²) in [6, 6.07) is 1.52. The van der Waals surface area contributed by atoms with E-state index in [4.69, 9.17) is 0 Å². The third-order valence-electron chi connectivity index (χ3n) is 3.27. The van der Waals surface area contributed by atoms with Gasteiger partial charge in [0, 0.05) is 12.1 Å². The topological polar surface area (TPSA) is 15.3 Å². The van der Waals surface area contributed by atoms with Crippen molar-refractivity contribution in [2.75, 3.05) is 21.1 Å². The van der Waals surface area contributed by atoms with Gasteiger partial charge in [0.1, 0.15) is 0 Å². The van der Waals surface area contributed by atoms with E-state index < -0.39 is 0 Å². The van der Waals surface area contributed by atoms with Crippen LogP contribution in [0.4, 0.5) is 0 Å². The summed E-state index contributed by atoms with van der Waals surface area (Å²) in [5.74, 6) is 0.853. The molecule has 0 heterocycles. The summed E-state index contributed by atoms with van der Waals surface area (Å²) in [6.07, 6.45) is 4.05. The Balaban J connectivity index is 2.44. The first-order chi connectivity index (χ1) is 5.65. The Bertz CT molecular complexity index is 134. The third kappa shape index (κ3) is 2.20. The van der Waals surface area contributed by atoms with E-state index in [9.17, 15) is 0 Å². The van der Waals surface area contributed by atoms with Crippen molar-refractivity contribution in [2.45, 2.75) is 38.3 Å². The van der Waals surface area contributed by atoms with Crippen molar-refractivity contribution in [2.24, 2.45) is 5.92 Å². The second kappa shape index (κ2) is 4.24. The normalized spacial score (nSPS) is 37.2. The highest BCUT2D eigenvalue weighted by molar-refractivity contribution is 4.85. The van der Waals surface area contributed by atoms with Crippen molar-refractivity contribution >= 4 is 0 Å². The van der Waals surface area contributed by atoms with Gasteiger partial charge >= 0.3 is 0 Å². The molecule has 1 fully saturated rings. The van der Waals surface area contributed by atoms with E-state index in [0.717, 1.165) is 18.0 Å². The minimum atomic E-state index is 0.728. The van der Waals surface area contributed by atoms with E-state index in [2.05, 4.69) is 38.3 Å². The quantitative estimate of drug-likeness (QED) is 0.672. The maximum absolute atomic E-state index is 3.41. The second-order valence-electron chi connectivity index (χ2n) is 4.30. The lowest BCUT2D eigenvalue weighted by Gasteiger charge is -2.37. The molecule has 3 atom stereocenters. The standard InChI is InChI=1S/C10H22N2/c1-8-5-6-9(12(3)4)7-10(8)11-2/h8-11H,5-7H2,1-4H3. The largest absolute Gasteiger partial charge is 0.317 e. The van der Waals surface area contributed by atoms with Gasteiger partial charge in [0.15, 0.2) is 0 Å². The van der Waals surface area contributed by atoms with Crippen LogP contribution >= 0.6 is 0 Å². The summed E-state index contributed by atoms with van der Waals surface area (Å²) < 4.78 is 0. The molecule has 12 heavy (non-hydrogen) atoms. The van der Waals surface area contributed by atoms with Crippen molar-refractivity contribution in [3.63, 3.8) is 0 Å². The molecule has 3 unspecified atom stereocenters. The molecular weight excluding hydrogens is 148 g/mol. The summed E-state index contributed by atoms with van der Waals surface area (Å²) in [6.45, 7) is 2.35. The highest BCUT2D eigenvalue weighted by Crippen LogP contribution is 2.26. The lowest BCUT2D eigenvalue weighted by molar-refractivity contribution is 0.166. The predicted molar refractivity (Wildman–Crippen MR) is 53.3 cm³/mol. The van der Waals surface area contributed by atoms with Crippen LogP contribution in [-0.4, -0.2) is 38.1 Å². The lowest BCUT2D eigenvalue weighted by atomic mass is 9.82. The second-order valence-corrected chi connectivity index (χ2v) is 4.30. The van der Waals surface area contributed by atoms with Crippen LogP contribution in [0.2, 0.25) is 0 Å². The number of nitrogens with zero attached hydrogens (tertiary/aromatic N) is 1. The van der Waals surface area contributed by atoms with Crippen LogP contribution in [0.25, 0.3) is 0 Å². The van der Waals surface area contributed by atoms with Crippen LogP contribution in [0.1, 0.15) is 26.2 Å². The Kier molecular flexibility index (Phi) is 3.53. The zero-order valence-electron chi connectivity index (χ0n) is 8.80. The minimum Gasteiger partial charge on any atom is -0.317 e. The summed E-state index contributed by atoms with van der Waals surface area (Å²) in [7, 11) is 6.46. The minimum absolute atomic E-state index is 0.728. The molecule has 0 radical (unpaired) electrons. The third-order valence-corrected chi connectivity index (χ3v) is 3.27. The molecule has 0 spiro atoms. The van der Waals surface area contributed by atoms with Crippen LogP contribution in [0.15, 0.2) is 0 Å². The summed E-state index contributed by atoms with van der Waals surface area (Å²) >= 11 is 0.